The molecular weight excluding hydrogens is 288 g/mol. The second kappa shape index (κ2) is 6.97. The summed E-state index contributed by atoms with van der Waals surface area (Å²) in [4.78, 5) is 11.5. The minimum absolute atomic E-state index is 0.163. The topological polar surface area (TPSA) is 39.4 Å². The number of carbonyl (C=O) groups is 1. The van der Waals surface area contributed by atoms with E-state index in [-0.39, 0.29) is 12.4 Å². The van der Waals surface area contributed by atoms with Crippen molar-refractivity contribution in [3.63, 3.8) is 0 Å². The molecule has 0 N–H and O–H groups in total. The summed E-state index contributed by atoms with van der Waals surface area (Å²) in [5, 5.41) is 0. The Kier molecular flexibility index (Phi) is 4.57. The van der Waals surface area contributed by atoms with Gasteiger partial charge in [0.15, 0.2) is 0 Å². The maximum atomic E-state index is 11.5. The molecule has 0 aliphatic heterocycles. The molecule has 2 aromatic carbocycles. The molecular formula is C20H18O3. The van der Waals surface area contributed by atoms with Gasteiger partial charge in [0.1, 0.15) is 17.9 Å². The highest BCUT2D eigenvalue weighted by Gasteiger charge is 2.10. The van der Waals surface area contributed by atoms with Crippen LogP contribution in [0.1, 0.15) is 12.7 Å². The Labute approximate surface area is 135 Å². The molecule has 116 valence electrons. The molecule has 1 aromatic heterocycles. The van der Waals surface area contributed by atoms with Gasteiger partial charge in [-0.3, -0.25) is 4.79 Å². The van der Waals surface area contributed by atoms with Gasteiger partial charge in [0, 0.05) is 5.56 Å². The Morgan fingerprint density at radius 3 is 2.22 bits per heavy atom. The molecule has 3 rings (SSSR count). The Balaban J connectivity index is 1.75. The van der Waals surface area contributed by atoms with Crippen molar-refractivity contribution in [1.29, 1.82) is 0 Å². The fourth-order valence-electron chi connectivity index (χ4n) is 2.44. The lowest BCUT2D eigenvalue weighted by molar-refractivity contribution is -0.142. The molecule has 23 heavy (non-hydrogen) atoms. The van der Waals surface area contributed by atoms with Crippen molar-refractivity contribution >= 4 is 5.97 Å². The molecule has 0 bridgehead atoms. The summed E-state index contributed by atoms with van der Waals surface area (Å²) >= 11 is 0. The molecule has 0 spiro atoms. The predicted molar refractivity (Wildman–Crippen MR) is 89.9 cm³/mol. The standard InChI is InChI=1S/C20H18O3/c1-2-22-20(21)14-18-12-13-19(23-18)17-10-8-16(9-11-17)15-6-4-3-5-7-15/h3-13H,2,14H2,1H3. The van der Waals surface area contributed by atoms with Crippen molar-refractivity contribution in [2.24, 2.45) is 0 Å². The zero-order chi connectivity index (χ0) is 16.1. The number of esters is 1. The van der Waals surface area contributed by atoms with Crippen molar-refractivity contribution in [3.8, 4) is 22.5 Å². The summed E-state index contributed by atoms with van der Waals surface area (Å²) in [5.41, 5.74) is 3.33. The number of benzene rings is 2. The van der Waals surface area contributed by atoms with E-state index in [2.05, 4.69) is 24.3 Å². The number of carbonyl (C=O) groups excluding carboxylic acids is 1. The average Bonchev–Trinajstić information content (AvgIpc) is 3.04. The van der Waals surface area contributed by atoms with Crippen molar-refractivity contribution < 1.29 is 13.9 Å². The van der Waals surface area contributed by atoms with E-state index in [1.54, 1.807) is 6.92 Å². The Hall–Kier alpha value is -2.81. The first kappa shape index (κ1) is 15.1. The largest absolute Gasteiger partial charge is 0.466 e. The summed E-state index contributed by atoms with van der Waals surface area (Å²) in [6, 6.07) is 22.1. The molecule has 0 amide bonds. The fraction of sp³-hybridized carbons (Fsp3) is 0.150. The van der Waals surface area contributed by atoms with Gasteiger partial charge in [-0.15, -0.1) is 0 Å². The maximum Gasteiger partial charge on any atom is 0.313 e. The molecule has 0 fully saturated rings. The quantitative estimate of drug-likeness (QED) is 0.640. The van der Waals surface area contributed by atoms with E-state index in [1.807, 2.05) is 42.5 Å². The lowest BCUT2D eigenvalue weighted by Crippen LogP contribution is -2.06. The highest BCUT2D eigenvalue weighted by atomic mass is 16.5. The fourth-order valence-corrected chi connectivity index (χ4v) is 2.44. The molecule has 3 nitrogen and oxygen atoms in total. The summed E-state index contributed by atoms with van der Waals surface area (Å²) in [6.45, 7) is 2.17. The lowest BCUT2D eigenvalue weighted by atomic mass is 10.0. The Morgan fingerprint density at radius 1 is 0.870 bits per heavy atom. The first-order valence-corrected chi connectivity index (χ1v) is 7.66. The number of ether oxygens (including phenoxy) is 1. The molecule has 0 aliphatic rings. The van der Waals surface area contributed by atoms with E-state index in [4.69, 9.17) is 9.15 Å². The summed E-state index contributed by atoms with van der Waals surface area (Å²) in [5.74, 6) is 1.10. The van der Waals surface area contributed by atoms with Crippen LogP contribution in [0.3, 0.4) is 0 Å². The van der Waals surface area contributed by atoms with Crippen LogP contribution in [0.5, 0.6) is 0 Å². The number of hydrogen-bond acceptors (Lipinski definition) is 3. The van der Waals surface area contributed by atoms with Crippen LogP contribution in [0.15, 0.2) is 71.1 Å². The van der Waals surface area contributed by atoms with Crippen LogP contribution < -0.4 is 0 Å². The van der Waals surface area contributed by atoms with Crippen molar-refractivity contribution in [2.45, 2.75) is 13.3 Å². The zero-order valence-corrected chi connectivity index (χ0v) is 13.0. The van der Waals surface area contributed by atoms with Gasteiger partial charge in [0.25, 0.3) is 0 Å². The lowest BCUT2D eigenvalue weighted by Gasteiger charge is -2.03. The Morgan fingerprint density at radius 2 is 1.52 bits per heavy atom. The van der Waals surface area contributed by atoms with Crippen LogP contribution >= 0.6 is 0 Å². The second-order valence-corrected chi connectivity index (χ2v) is 5.19. The molecule has 1 heterocycles. The molecule has 0 saturated carbocycles. The van der Waals surface area contributed by atoms with E-state index >= 15 is 0 Å². The van der Waals surface area contributed by atoms with E-state index in [0.29, 0.717) is 12.4 Å². The van der Waals surface area contributed by atoms with Gasteiger partial charge in [0.05, 0.1) is 6.61 Å². The van der Waals surface area contributed by atoms with Crippen LogP contribution in [0.4, 0.5) is 0 Å². The molecule has 0 atom stereocenters. The molecule has 3 aromatic rings. The SMILES string of the molecule is CCOC(=O)Cc1ccc(-c2ccc(-c3ccccc3)cc2)o1. The van der Waals surface area contributed by atoms with Gasteiger partial charge in [-0.25, -0.2) is 0 Å². The zero-order valence-electron chi connectivity index (χ0n) is 13.0. The van der Waals surface area contributed by atoms with Crippen molar-refractivity contribution in [1.82, 2.24) is 0 Å². The van der Waals surface area contributed by atoms with Crippen molar-refractivity contribution in [2.75, 3.05) is 6.61 Å². The predicted octanol–water partition coefficient (Wildman–Crippen LogP) is 4.72. The molecule has 0 radical (unpaired) electrons. The molecule has 3 heteroatoms. The van der Waals surface area contributed by atoms with Gasteiger partial charge in [-0.1, -0.05) is 54.6 Å². The minimum Gasteiger partial charge on any atom is -0.466 e. The van der Waals surface area contributed by atoms with E-state index < -0.39 is 0 Å². The number of furan rings is 1. The Bertz CT molecular complexity index is 770. The summed E-state index contributed by atoms with van der Waals surface area (Å²) in [6.07, 6.45) is 0.163. The smallest absolute Gasteiger partial charge is 0.313 e. The van der Waals surface area contributed by atoms with Crippen molar-refractivity contribution in [3.05, 3.63) is 72.5 Å². The van der Waals surface area contributed by atoms with E-state index in [0.717, 1.165) is 16.9 Å². The van der Waals surface area contributed by atoms with Crippen LogP contribution in [0.2, 0.25) is 0 Å². The number of hydrogen-bond donors (Lipinski definition) is 0. The van der Waals surface area contributed by atoms with Crippen LogP contribution in [-0.2, 0) is 16.0 Å². The third kappa shape index (κ3) is 3.69. The summed E-state index contributed by atoms with van der Waals surface area (Å²) in [7, 11) is 0. The van der Waals surface area contributed by atoms with Crippen LogP contribution in [-0.4, -0.2) is 12.6 Å². The third-order valence-corrected chi connectivity index (χ3v) is 3.56. The second-order valence-electron chi connectivity index (χ2n) is 5.19. The van der Waals surface area contributed by atoms with Gasteiger partial charge >= 0.3 is 5.97 Å². The average molecular weight is 306 g/mol. The first-order valence-electron chi connectivity index (χ1n) is 7.66. The third-order valence-electron chi connectivity index (χ3n) is 3.56. The van der Waals surface area contributed by atoms with Gasteiger partial charge in [-0.2, -0.15) is 0 Å². The van der Waals surface area contributed by atoms with Crippen LogP contribution in [0, 0.1) is 0 Å². The van der Waals surface area contributed by atoms with Gasteiger partial charge in [-0.05, 0) is 30.2 Å². The monoisotopic (exact) mass is 306 g/mol. The minimum atomic E-state index is -0.271. The van der Waals surface area contributed by atoms with Gasteiger partial charge in [0.2, 0.25) is 0 Å². The summed E-state index contributed by atoms with van der Waals surface area (Å²) < 4.78 is 10.7. The van der Waals surface area contributed by atoms with Crippen LogP contribution in [0.25, 0.3) is 22.5 Å². The van der Waals surface area contributed by atoms with E-state index in [9.17, 15) is 4.79 Å². The van der Waals surface area contributed by atoms with Gasteiger partial charge < -0.3 is 9.15 Å². The molecule has 0 saturated heterocycles. The molecule has 0 aliphatic carbocycles. The highest BCUT2D eigenvalue weighted by molar-refractivity contribution is 5.72. The number of rotatable bonds is 5. The maximum absolute atomic E-state index is 11.5. The molecule has 0 unspecified atom stereocenters. The van der Waals surface area contributed by atoms with E-state index in [1.165, 1.54) is 5.56 Å². The normalized spacial score (nSPS) is 10.5. The first-order chi connectivity index (χ1) is 11.3. The highest BCUT2D eigenvalue weighted by Crippen LogP contribution is 2.26.